The Balaban J connectivity index is 2.00. The molecule has 1 amide bonds. The summed E-state index contributed by atoms with van der Waals surface area (Å²) in [6, 6.07) is 0. The number of amides is 1. The maximum atomic E-state index is 11.8. The van der Waals surface area contributed by atoms with E-state index in [9.17, 15) is 4.79 Å². The van der Waals surface area contributed by atoms with E-state index in [1.807, 2.05) is 11.6 Å². The van der Waals surface area contributed by atoms with Gasteiger partial charge >= 0.3 is 0 Å². The van der Waals surface area contributed by atoms with E-state index in [-0.39, 0.29) is 11.8 Å². The molecule has 2 rings (SSSR count). The van der Waals surface area contributed by atoms with Crippen LogP contribution in [0.5, 0.6) is 0 Å². The van der Waals surface area contributed by atoms with Gasteiger partial charge in [-0.3, -0.25) is 9.69 Å². The second-order valence-electron chi connectivity index (χ2n) is 4.73. The molecule has 1 aromatic heterocycles. The Morgan fingerprint density at radius 2 is 2.39 bits per heavy atom. The van der Waals surface area contributed by atoms with Crippen LogP contribution in [0.2, 0.25) is 0 Å². The quantitative estimate of drug-likeness (QED) is 0.854. The summed E-state index contributed by atoms with van der Waals surface area (Å²) < 4.78 is 0. The molecule has 5 nitrogen and oxygen atoms in total. The average Bonchev–Trinajstić information content (AvgIpc) is 2.79. The molecular formula is C12H20N4OS. The molecule has 1 saturated heterocycles. The molecule has 0 bridgehead atoms. The zero-order valence-electron chi connectivity index (χ0n) is 10.9. The number of hydrogen-bond acceptors (Lipinski definition) is 5. The first kappa shape index (κ1) is 13.5. The zero-order valence-corrected chi connectivity index (χ0v) is 11.7. The number of aromatic nitrogens is 1. The van der Waals surface area contributed by atoms with Crippen LogP contribution in [0, 0.1) is 5.92 Å². The number of carbonyl (C=O) groups is 1. The van der Waals surface area contributed by atoms with Crippen molar-refractivity contribution in [3.8, 4) is 0 Å². The fraction of sp³-hybridized carbons (Fsp3) is 0.667. The van der Waals surface area contributed by atoms with Crippen LogP contribution in [-0.2, 0) is 11.3 Å². The Labute approximate surface area is 112 Å². The van der Waals surface area contributed by atoms with Crippen LogP contribution in [0.25, 0.3) is 0 Å². The van der Waals surface area contributed by atoms with Crippen LogP contribution in [0.15, 0.2) is 11.6 Å². The first-order valence-electron chi connectivity index (χ1n) is 6.20. The minimum absolute atomic E-state index is 0.0439. The van der Waals surface area contributed by atoms with Crippen LogP contribution in [0.4, 0.5) is 0 Å². The van der Waals surface area contributed by atoms with Gasteiger partial charge in [0.1, 0.15) is 5.01 Å². The third kappa shape index (κ3) is 3.51. The number of carbonyl (C=O) groups excluding carboxylic acids is 1. The van der Waals surface area contributed by atoms with E-state index in [1.54, 1.807) is 18.4 Å². The van der Waals surface area contributed by atoms with E-state index >= 15 is 0 Å². The topological polar surface area (TPSA) is 48.5 Å². The summed E-state index contributed by atoms with van der Waals surface area (Å²) in [6.07, 6.45) is 1.83. The van der Waals surface area contributed by atoms with Crippen molar-refractivity contribution in [3.63, 3.8) is 0 Å². The molecule has 1 aliphatic heterocycles. The molecule has 18 heavy (non-hydrogen) atoms. The molecule has 1 atom stereocenters. The van der Waals surface area contributed by atoms with E-state index in [0.717, 1.165) is 37.7 Å². The fourth-order valence-corrected chi connectivity index (χ4v) is 2.93. The van der Waals surface area contributed by atoms with Crippen molar-refractivity contribution in [2.75, 3.05) is 40.3 Å². The van der Waals surface area contributed by atoms with Gasteiger partial charge < -0.3 is 10.2 Å². The first-order valence-corrected chi connectivity index (χ1v) is 7.08. The van der Waals surface area contributed by atoms with E-state index in [0.29, 0.717) is 0 Å². The molecule has 1 unspecified atom stereocenters. The maximum Gasteiger partial charge on any atom is 0.225 e. The molecule has 0 spiro atoms. The molecule has 0 radical (unpaired) electrons. The van der Waals surface area contributed by atoms with Gasteiger partial charge in [-0.2, -0.15) is 0 Å². The van der Waals surface area contributed by atoms with Gasteiger partial charge in [0.05, 0.1) is 12.5 Å². The minimum atomic E-state index is 0.0439. The molecule has 0 aliphatic carbocycles. The lowest BCUT2D eigenvalue weighted by Gasteiger charge is -2.21. The van der Waals surface area contributed by atoms with Gasteiger partial charge in [-0.15, -0.1) is 11.3 Å². The molecule has 1 aromatic rings. The van der Waals surface area contributed by atoms with Crippen LogP contribution in [-0.4, -0.2) is 61.0 Å². The van der Waals surface area contributed by atoms with Gasteiger partial charge in [-0.05, 0) is 7.05 Å². The Bertz CT molecular complexity index is 381. The minimum Gasteiger partial charge on any atom is -0.359 e. The number of rotatable bonds is 3. The highest BCUT2D eigenvalue weighted by Gasteiger charge is 2.26. The third-order valence-corrected chi connectivity index (χ3v) is 4.03. The maximum absolute atomic E-state index is 11.8. The molecular weight excluding hydrogens is 248 g/mol. The van der Waals surface area contributed by atoms with Crippen LogP contribution in [0.1, 0.15) is 5.01 Å². The van der Waals surface area contributed by atoms with Gasteiger partial charge in [-0.1, -0.05) is 0 Å². The molecule has 100 valence electrons. The lowest BCUT2D eigenvalue weighted by atomic mass is 10.1. The lowest BCUT2D eigenvalue weighted by Crippen LogP contribution is -2.39. The molecule has 0 aromatic carbocycles. The van der Waals surface area contributed by atoms with E-state index in [1.165, 1.54) is 0 Å². The number of likely N-dealkylation sites (N-methyl/N-ethyl adjacent to an activating group) is 1. The van der Waals surface area contributed by atoms with E-state index in [4.69, 9.17) is 0 Å². The van der Waals surface area contributed by atoms with Crippen LogP contribution in [0.3, 0.4) is 0 Å². The van der Waals surface area contributed by atoms with Crippen molar-refractivity contribution in [3.05, 3.63) is 16.6 Å². The highest BCUT2D eigenvalue weighted by Crippen LogP contribution is 2.13. The molecule has 0 saturated carbocycles. The van der Waals surface area contributed by atoms with Gasteiger partial charge in [-0.25, -0.2) is 4.98 Å². The number of hydrogen-bond donors (Lipinski definition) is 1. The standard InChI is InChI=1S/C12H20N4OS/c1-13-12(17)10-7-15(2)4-5-16(8-10)9-11-14-3-6-18-11/h3,6,10H,4-5,7-9H2,1-2H3,(H,13,17). The summed E-state index contributed by atoms with van der Waals surface area (Å²) in [5, 5.41) is 5.87. The highest BCUT2D eigenvalue weighted by atomic mass is 32.1. The Morgan fingerprint density at radius 1 is 1.56 bits per heavy atom. The fourth-order valence-electron chi connectivity index (χ4n) is 2.28. The smallest absolute Gasteiger partial charge is 0.225 e. The molecule has 6 heteroatoms. The van der Waals surface area contributed by atoms with Crippen molar-refractivity contribution in [1.82, 2.24) is 20.1 Å². The Kier molecular flexibility index (Phi) is 4.68. The number of thiazole rings is 1. The normalized spacial score (nSPS) is 22.7. The summed E-state index contributed by atoms with van der Waals surface area (Å²) in [4.78, 5) is 20.7. The second kappa shape index (κ2) is 6.26. The number of nitrogens with zero attached hydrogens (tertiary/aromatic N) is 3. The Morgan fingerprint density at radius 3 is 3.06 bits per heavy atom. The third-order valence-electron chi connectivity index (χ3n) is 3.27. The summed E-state index contributed by atoms with van der Waals surface area (Å²) in [6.45, 7) is 4.47. The summed E-state index contributed by atoms with van der Waals surface area (Å²) in [5.41, 5.74) is 0. The predicted octanol–water partition coefficient (Wildman–Crippen LogP) is 0.253. The Hall–Kier alpha value is -0.980. The average molecular weight is 268 g/mol. The van der Waals surface area contributed by atoms with Gasteiger partial charge in [0.25, 0.3) is 0 Å². The first-order chi connectivity index (χ1) is 8.69. The van der Waals surface area contributed by atoms with Crippen molar-refractivity contribution in [1.29, 1.82) is 0 Å². The molecule has 1 N–H and O–H groups in total. The predicted molar refractivity (Wildman–Crippen MR) is 72.4 cm³/mol. The van der Waals surface area contributed by atoms with Crippen LogP contribution >= 0.6 is 11.3 Å². The zero-order chi connectivity index (χ0) is 13.0. The lowest BCUT2D eigenvalue weighted by molar-refractivity contribution is -0.125. The van der Waals surface area contributed by atoms with Crippen molar-refractivity contribution in [2.24, 2.45) is 5.92 Å². The van der Waals surface area contributed by atoms with Crippen molar-refractivity contribution in [2.45, 2.75) is 6.54 Å². The number of nitrogens with one attached hydrogen (secondary N) is 1. The summed E-state index contributed by atoms with van der Waals surface area (Å²) in [5.74, 6) is 0.176. The summed E-state index contributed by atoms with van der Waals surface area (Å²) >= 11 is 1.67. The van der Waals surface area contributed by atoms with Crippen molar-refractivity contribution >= 4 is 17.2 Å². The van der Waals surface area contributed by atoms with E-state index < -0.39 is 0 Å². The van der Waals surface area contributed by atoms with Crippen molar-refractivity contribution < 1.29 is 4.79 Å². The van der Waals surface area contributed by atoms with Gasteiger partial charge in [0.2, 0.25) is 5.91 Å². The second-order valence-corrected chi connectivity index (χ2v) is 5.71. The van der Waals surface area contributed by atoms with Gasteiger partial charge in [0.15, 0.2) is 0 Å². The summed E-state index contributed by atoms with van der Waals surface area (Å²) in [7, 11) is 3.78. The monoisotopic (exact) mass is 268 g/mol. The van der Waals surface area contributed by atoms with Gasteiger partial charge in [0, 0.05) is 44.8 Å². The van der Waals surface area contributed by atoms with Crippen LogP contribution < -0.4 is 5.32 Å². The SMILES string of the molecule is CNC(=O)C1CN(C)CCN(Cc2nccs2)C1. The molecule has 2 heterocycles. The molecule has 1 fully saturated rings. The highest BCUT2D eigenvalue weighted by molar-refractivity contribution is 7.09. The molecule has 1 aliphatic rings. The largest absolute Gasteiger partial charge is 0.359 e. The van der Waals surface area contributed by atoms with E-state index in [2.05, 4.69) is 27.1 Å².